The Morgan fingerprint density at radius 3 is 2.41 bits per heavy atom. The number of hydrogen-bond acceptors (Lipinski definition) is 4. The maximum Gasteiger partial charge on any atom is 0.255 e. The van der Waals surface area contributed by atoms with Crippen molar-refractivity contribution in [3.8, 4) is 0 Å². The second kappa shape index (κ2) is 11.4. The highest BCUT2D eigenvalue weighted by molar-refractivity contribution is 6.05. The van der Waals surface area contributed by atoms with E-state index in [0.29, 0.717) is 12.1 Å². The molecular formula is C29H42N4O. The van der Waals surface area contributed by atoms with Crippen LogP contribution >= 0.6 is 0 Å². The summed E-state index contributed by atoms with van der Waals surface area (Å²) < 4.78 is 0. The third-order valence-corrected chi connectivity index (χ3v) is 7.59. The van der Waals surface area contributed by atoms with Gasteiger partial charge in [-0.1, -0.05) is 17.7 Å². The lowest BCUT2D eigenvalue weighted by molar-refractivity contribution is 0.102. The second-order valence-corrected chi connectivity index (χ2v) is 10.6. The van der Waals surface area contributed by atoms with Crippen molar-refractivity contribution in [1.29, 1.82) is 0 Å². The molecule has 1 amide bonds. The van der Waals surface area contributed by atoms with Crippen molar-refractivity contribution in [3.05, 3.63) is 59.2 Å². The first-order chi connectivity index (χ1) is 16.4. The number of carbonyl (C=O) groups excluding carboxylic acids is 1. The summed E-state index contributed by atoms with van der Waals surface area (Å²) in [6, 6.07) is 15.5. The molecule has 34 heavy (non-hydrogen) atoms. The Kier molecular flexibility index (Phi) is 8.28. The third kappa shape index (κ3) is 6.39. The Hall–Kier alpha value is -2.37. The lowest BCUT2D eigenvalue weighted by atomic mass is 9.95. The fourth-order valence-corrected chi connectivity index (χ4v) is 5.43. The van der Waals surface area contributed by atoms with Crippen LogP contribution in [0.15, 0.2) is 42.5 Å². The van der Waals surface area contributed by atoms with Crippen LogP contribution in [0.1, 0.15) is 61.0 Å². The molecule has 1 atom stereocenters. The van der Waals surface area contributed by atoms with Gasteiger partial charge in [0.2, 0.25) is 0 Å². The molecule has 2 aliphatic heterocycles. The molecule has 2 fully saturated rings. The summed E-state index contributed by atoms with van der Waals surface area (Å²) in [6.07, 6.45) is 5.07. The molecule has 0 aliphatic carbocycles. The van der Waals surface area contributed by atoms with E-state index in [2.05, 4.69) is 46.4 Å². The zero-order valence-corrected chi connectivity index (χ0v) is 21.4. The lowest BCUT2D eigenvalue weighted by Crippen LogP contribution is -2.47. The molecule has 2 N–H and O–H groups in total. The average molecular weight is 463 g/mol. The monoisotopic (exact) mass is 462 g/mol. The first kappa shape index (κ1) is 24.7. The summed E-state index contributed by atoms with van der Waals surface area (Å²) in [4.78, 5) is 17.8. The van der Waals surface area contributed by atoms with Gasteiger partial charge in [0.1, 0.15) is 0 Å². The van der Waals surface area contributed by atoms with Crippen molar-refractivity contribution in [2.45, 2.75) is 65.5 Å². The molecule has 184 valence electrons. The molecular weight excluding hydrogens is 420 g/mol. The minimum atomic E-state index is -0.0494. The van der Waals surface area contributed by atoms with E-state index in [1.807, 2.05) is 44.2 Å². The molecule has 2 aromatic rings. The standard InChI is InChI=1S/C29H42N4O/c1-21(2)33-15-5-6-24(20-33)19-30-25-13-16-32(17-14-25)27-10-8-26(9-11-27)31-29(34)28-12-7-22(3)18-23(28)4/h7-12,18,21,24-25,30H,5-6,13-17,19-20H2,1-4H3,(H,31,34)/t24-/m1/s1. The molecule has 5 heteroatoms. The van der Waals surface area contributed by atoms with Gasteiger partial charge in [0, 0.05) is 48.7 Å². The fraction of sp³-hybridized carbons (Fsp3) is 0.552. The Bertz CT molecular complexity index is 947. The van der Waals surface area contributed by atoms with E-state index in [1.54, 1.807) is 0 Å². The molecule has 0 aromatic heterocycles. The molecule has 4 rings (SSSR count). The highest BCUT2D eigenvalue weighted by Gasteiger charge is 2.24. The number of benzene rings is 2. The van der Waals surface area contributed by atoms with Crippen molar-refractivity contribution in [1.82, 2.24) is 10.2 Å². The topological polar surface area (TPSA) is 47.6 Å². The van der Waals surface area contributed by atoms with E-state index >= 15 is 0 Å². The molecule has 0 spiro atoms. The number of amides is 1. The van der Waals surface area contributed by atoms with Crippen LogP contribution in [0.2, 0.25) is 0 Å². The van der Waals surface area contributed by atoms with Gasteiger partial charge < -0.3 is 20.4 Å². The third-order valence-electron chi connectivity index (χ3n) is 7.59. The zero-order chi connectivity index (χ0) is 24.1. The molecule has 2 aromatic carbocycles. The Morgan fingerprint density at radius 1 is 1.00 bits per heavy atom. The Morgan fingerprint density at radius 2 is 1.74 bits per heavy atom. The minimum Gasteiger partial charge on any atom is -0.371 e. The second-order valence-electron chi connectivity index (χ2n) is 10.6. The number of rotatable bonds is 7. The maximum absolute atomic E-state index is 12.7. The maximum atomic E-state index is 12.7. The van der Waals surface area contributed by atoms with Crippen molar-refractivity contribution < 1.29 is 4.79 Å². The summed E-state index contributed by atoms with van der Waals surface area (Å²) in [5, 5.41) is 6.92. The van der Waals surface area contributed by atoms with E-state index in [0.717, 1.165) is 42.4 Å². The molecule has 2 saturated heterocycles. The Labute approximate surface area is 205 Å². The fourth-order valence-electron chi connectivity index (χ4n) is 5.43. The van der Waals surface area contributed by atoms with Crippen LogP contribution in [0.4, 0.5) is 11.4 Å². The van der Waals surface area contributed by atoms with Gasteiger partial charge in [0.05, 0.1) is 0 Å². The number of anilines is 2. The predicted octanol–water partition coefficient (Wildman–Crippen LogP) is 5.23. The largest absolute Gasteiger partial charge is 0.371 e. The van der Waals surface area contributed by atoms with E-state index in [4.69, 9.17) is 0 Å². The summed E-state index contributed by atoms with van der Waals surface area (Å²) in [5.41, 5.74) is 4.99. The van der Waals surface area contributed by atoms with Crippen LogP contribution in [-0.2, 0) is 0 Å². The normalized spacial score (nSPS) is 20.0. The van der Waals surface area contributed by atoms with Crippen LogP contribution in [0.25, 0.3) is 0 Å². The van der Waals surface area contributed by atoms with Crippen LogP contribution in [0.3, 0.4) is 0 Å². The summed E-state index contributed by atoms with van der Waals surface area (Å²) in [7, 11) is 0. The zero-order valence-electron chi connectivity index (χ0n) is 21.4. The number of aryl methyl sites for hydroxylation is 2. The number of likely N-dealkylation sites (tertiary alicyclic amines) is 1. The molecule has 2 aliphatic rings. The quantitative estimate of drug-likeness (QED) is 0.591. The van der Waals surface area contributed by atoms with Gasteiger partial charge in [-0.2, -0.15) is 0 Å². The van der Waals surface area contributed by atoms with Gasteiger partial charge in [-0.3, -0.25) is 4.79 Å². The van der Waals surface area contributed by atoms with Crippen LogP contribution < -0.4 is 15.5 Å². The first-order valence-corrected chi connectivity index (χ1v) is 13.1. The van der Waals surface area contributed by atoms with Crippen molar-refractivity contribution >= 4 is 17.3 Å². The SMILES string of the molecule is Cc1ccc(C(=O)Nc2ccc(N3CCC(NC[C@H]4CCCN(C(C)C)C4)CC3)cc2)c(C)c1. The van der Waals surface area contributed by atoms with Crippen molar-refractivity contribution in [2.75, 3.05) is 42.9 Å². The van der Waals surface area contributed by atoms with Gasteiger partial charge in [-0.15, -0.1) is 0 Å². The smallest absolute Gasteiger partial charge is 0.255 e. The van der Waals surface area contributed by atoms with E-state index in [9.17, 15) is 4.79 Å². The van der Waals surface area contributed by atoms with Gasteiger partial charge in [0.25, 0.3) is 5.91 Å². The van der Waals surface area contributed by atoms with Crippen LogP contribution in [-0.4, -0.2) is 55.6 Å². The highest BCUT2D eigenvalue weighted by atomic mass is 16.1. The van der Waals surface area contributed by atoms with Crippen LogP contribution in [0.5, 0.6) is 0 Å². The number of carbonyl (C=O) groups is 1. The van der Waals surface area contributed by atoms with Gasteiger partial charge in [-0.25, -0.2) is 0 Å². The minimum absolute atomic E-state index is 0.0494. The molecule has 0 unspecified atom stereocenters. The first-order valence-electron chi connectivity index (χ1n) is 13.1. The predicted molar refractivity (Wildman–Crippen MR) is 143 cm³/mol. The number of nitrogens with one attached hydrogen (secondary N) is 2. The molecule has 0 bridgehead atoms. The van der Waals surface area contributed by atoms with E-state index < -0.39 is 0 Å². The van der Waals surface area contributed by atoms with Gasteiger partial charge in [-0.05, 0) is 108 Å². The van der Waals surface area contributed by atoms with Gasteiger partial charge in [0.15, 0.2) is 0 Å². The highest BCUT2D eigenvalue weighted by Crippen LogP contribution is 2.24. The van der Waals surface area contributed by atoms with Crippen molar-refractivity contribution in [3.63, 3.8) is 0 Å². The number of hydrogen-bond donors (Lipinski definition) is 2. The van der Waals surface area contributed by atoms with E-state index in [1.165, 1.54) is 50.0 Å². The molecule has 5 nitrogen and oxygen atoms in total. The van der Waals surface area contributed by atoms with E-state index in [-0.39, 0.29) is 5.91 Å². The summed E-state index contributed by atoms with van der Waals surface area (Å²) in [5.74, 6) is 0.743. The van der Waals surface area contributed by atoms with Gasteiger partial charge >= 0.3 is 0 Å². The van der Waals surface area contributed by atoms with Crippen LogP contribution in [0, 0.1) is 19.8 Å². The Balaban J connectivity index is 1.23. The summed E-state index contributed by atoms with van der Waals surface area (Å²) >= 11 is 0. The number of piperidine rings is 2. The molecule has 0 saturated carbocycles. The average Bonchev–Trinajstić information content (AvgIpc) is 2.83. The van der Waals surface area contributed by atoms with Crippen molar-refractivity contribution in [2.24, 2.45) is 5.92 Å². The molecule has 0 radical (unpaired) electrons. The molecule has 2 heterocycles. The number of nitrogens with zero attached hydrogens (tertiary/aromatic N) is 2. The summed E-state index contributed by atoms with van der Waals surface area (Å²) in [6.45, 7) is 14.5. The lowest BCUT2D eigenvalue weighted by Gasteiger charge is -2.38.